The first-order chi connectivity index (χ1) is 20.9. The van der Waals surface area contributed by atoms with Gasteiger partial charge in [-0.15, -0.1) is 0 Å². The van der Waals surface area contributed by atoms with Gasteiger partial charge in [-0.05, 0) is 86.7 Å². The highest BCUT2D eigenvalue weighted by Gasteiger charge is 2.36. The molecule has 0 spiro atoms. The largest absolute Gasteiger partial charge is 0.508 e. The van der Waals surface area contributed by atoms with Crippen molar-refractivity contribution in [3.63, 3.8) is 0 Å². The summed E-state index contributed by atoms with van der Waals surface area (Å²) in [5, 5.41) is 15.5. The molecule has 3 aromatic carbocycles. The number of aryl methyl sites for hydroxylation is 1. The van der Waals surface area contributed by atoms with Crippen molar-refractivity contribution in [1.29, 1.82) is 0 Å². The molecule has 3 N–H and O–H groups in total. The number of hydrogen-bond donors (Lipinski definition) is 3. The molecule has 9 heteroatoms. The summed E-state index contributed by atoms with van der Waals surface area (Å²) in [5.74, 6) is -0.0665. The third-order valence-electron chi connectivity index (χ3n) is 7.02. The second kappa shape index (κ2) is 15.8. The van der Waals surface area contributed by atoms with Crippen LogP contribution in [-0.4, -0.2) is 53.2 Å². The highest BCUT2D eigenvalue weighted by Crippen LogP contribution is 2.27. The summed E-state index contributed by atoms with van der Waals surface area (Å²) in [6.07, 6.45) is 1.65. The molecule has 0 fully saturated rings. The second-order valence-electron chi connectivity index (χ2n) is 11.7. The molecule has 0 saturated carbocycles. The lowest BCUT2D eigenvalue weighted by molar-refractivity contribution is -0.140. The normalized spacial score (nSPS) is 12.5. The quantitative estimate of drug-likeness (QED) is 0.208. The molecule has 236 valence electrons. The third-order valence-corrected chi connectivity index (χ3v) is 7.02. The van der Waals surface area contributed by atoms with Crippen molar-refractivity contribution in [2.45, 2.75) is 78.0 Å². The van der Waals surface area contributed by atoms with Gasteiger partial charge in [0, 0.05) is 18.7 Å². The molecule has 2 atom stereocenters. The number of rotatable bonds is 13. The average Bonchev–Trinajstić information content (AvgIpc) is 2.99. The van der Waals surface area contributed by atoms with Gasteiger partial charge in [0.05, 0.1) is 7.11 Å². The Balaban J connectivity index is 2.05. The van der Waals surface area contributed by atoms with Gasteiger partial charge in [0.25, 0.3) is 5.91 Å². The first-order valence-corrected chi connectivity index (χ1v) is 15.1. The van der Waals surface area contributed by atoms with Crippen molar-refractivity contribution < 1.29 is 29.0 Å². The summed E-state index contributed by atoms with van der Waals surface area (Å²) in [6.45, 7) is 9.59. The van der Waals surface area contributed by atoms with Gasteiger partial charge in [0.1, 0.15) is 29.2 Å². The molecule has 0 heterocycles. The van der Waals surface area contributed by atoms with E-state index in [0.717, 1.165) is 24.0 Å². The van der Waals surface area contributed by atoms with Crippen molar-refractivity contribution >= 4 is 23.6 Å². The maximum atomic E-state index is 14.5. The number of aromatic hydroxyl groups is 1. The van der Waals surface area contributed by atoms with Crippen molar-refractivity contribution in [1.82, 2.24) is 10.2 Å². The number of amides is 3. The first kappa shape index (κ1) is 34.0. The van der Waals surface area contributed by atoms with Crippen LogP contribution in [-0.2, 0) is 27.2 Å². The molecule has 0 aliphatic heterocycles. The van der Waals surface area contributed by atoms with Gasteiger partial charge in [-0.1, -0.05) is 56.7 Å². The SMILES string of the molecule is CCCCN(C(=O)C(Cc1ccc(O)cc1)NC(=O)OC(C)(C)C)C(C(=O)Nc1ccc(OC)cc1)c1ccc(CC)cc1. The van der Waals surface area contributed by atoms with E-state index in [2.05, 4.69) is 17.6 Å². The minimum atomic E-state index is -1.04. The Hall–Kier alpha value is -4.53. The minimum absolute atomic E-state index is 0.0899. The number of phenols is 1. The van der Waals surface area contributed by atoms with Crippen LogP contribution in [0.15, 0.2) is 72.8 Å². The van der Waals surface area contributed by atoms with Crippen LogP contribution < -0.4 is 15.4 Å². The zero-order valence-corrected chi connectivity index (χ0v) is 26.6. The van der Waals surface area contributed by atoms with E-state index in [-0.39, 0.29) is 24.6 Å². The number of unbranched alkanes of at least 4 members (excludes halogenated alkanes) is 1. The third kappa shape index (κ3) is 10.0. The van der Waals surface area contributed by atoms with Crippen LogP contribution in [0, 0.1) is 0 Å². The zero-order chi connectivity index (χ0) is 32.3. The molecule has 0 saturated heterocycles. The average molecular weight is 604 g/mol. The Bertz CT molecular complexity index is 1370. The summed E-state index contributed by atoms with van der Waals surface area (Å²) in [6, 6.07) is 19.1. The van der Waals surface area contributed by atoms with Crippen molar-refractivity contribution in [2.24, 2.45) is 0 Å². The highest BCUT2D eigenvalue weighted by molar-refractivity contribution is 5.99. The number of benzene rings is 3. The fourth-order valence-corrected chi connectivity index (χ4v) is 4.71. The van der Waals surface area contributed by atoms with E-state index in [9.17, 15) is 19.5 Å². The predicted molar refractivity (Wildman–Crippen MR) is 172 cm³/mol. The summed E-state index contributed by atoms with van der Waals surface area (Å²) in [7, 11) is 1.57. The zero-order valence-electron chi connectivity index (χ0n) is 26.6. The molecule has 3 aromatic rings. The van der Waals surface area contributed by atoms with Crippen molar-refractivity contribution in [3.8, 4) is 11.5 Å². The van der Waals surface area contributed by atoms with Crippen molar-refractivity contribution in [2.75, 3.05) is 19.0 Å². The number of methoxy groups -OCH3 is 1. The lowest BCUT2D eigenvalue weighted by atomic mass is 9.98. The highest BCUT2D eigenvalue weighted by atomic mass is 16.6. The van der Waals surface area contributed by atoms with Crippen LogP contribution in [0.2, 0.25) is 0 Å². The Labute approximate surface area is 260 Å². The van der Waals surface area contributed by atoms with Gasteiger partial charge < -0.3 is 30.1 Å². The van der Waals surface area contributed by atoms with Gasteiger partial charge in [-0.25, -0.2) is 4.79 Å². The molecular weight excluding hydrogens is 558 g/mol. The second-order valence-corrected chi connectivity index (χ2v) is 11.7. The number of nitrogens with one attached hydrogen (secondary N) is 2. The molecule has 0 aliphatic rings. The first-order valence-electron chi connectivity index (χ1n) is 15.1. The van der Waals surface area contributed by atoms with Crippen LogP contribution in [0.5, 0.6) is 11.5 Å². The van der Waals surface area contributed by atoms with E-state index >= 15 is 0 Å². The molecular formula is C35H45N3O6. The van der Waals surface area contributed by atoms with Gasteiger partial charge in [0.2, 0.25) is 5.91 Å². The van der Waals surface area contributed by atoms with E-state index < -0.39 is 29.7 Å². The van der Waals surface area contributed by atoms with E-state index in [1.807, 2.05) is 31.2 Å². The topological polar surface area (TPSA) is 117 Å². The predicted octanol–water partition coefficient (Wildman–Crippen LogP) is 6.41. The van der Waals surface area contributed by atoms with Crippen molar-refractivity contribution in [3.05, 3.63) is 89.5 Å². The fraction of sp³-hybridized carbons (Fsp3) is 0.400. The lowest BCUT2D eigenvalue weighted by Crippen LogP contribution is -2.53. The van der Waals surface area contributed by atoms with Crippen LogP contribution in [0.4, 0.5) is 10.5 Å². The number of ether oxygens (including phenoxy) is 2. The number of carbonyl (C=O) groups is 3. The number of phenolic OH excluding ortho intramolecular Hbond substituents is 1. The Morgan fingerprint density at radius 3 is 2.05 bits per heavy atom. The Morgan fingerprint density at radius 2 is 1.50 bits per heavy atom. The molecule has 0 aliphatic carbocycles. The number of nitrogens with zero attached hydrogens (tertiary/aromatic N) is 1. The summed E-state index contributed by atoms with van der Waals surface area (Å²) in [5.41, 5.74) is 2.25. The fourth-order valence-electron chi connectivity index (χ4n) is 4.71. The van der Waals surface area contributed by atoms with Crippen LogP contribution >= 0.6 is 0 Å². The van der Waals surface area contributed by atoms with E-state index in [4.69, 9.17) is 9.47 Å². The Morgan fingerprint density at radius 1 is 0.886 bits per heavy atom. The molecule has 2 unspecified atom stereocenters. The molecule has 0 bridgehead atoms. The number of anilines is 1. The molecule has 0 radical (unpaired) electrons. The van der Waals surface area contributed by atoms with Crippen LogP contribution in [0.3, 0.4) is 0 Å². The standard InChI is InChI=1S/C35H45N3O6/c1-7-9-22-38(33(41)30(37-34(42)44-35(3,4)5)23-25-12-18-28(39)19-13-25)31(26-14-10-24(8-2)11-15-26)32(40)36-27-16-20-29(43-6)21-17-27/h10-21,30-31,39H,7-9,22-23H2,1-6H3,(H,36,40)(H,37,42). The van der Waals surface area contributed by atoms with Crippen LogP contribution in [0.25, 0.3) is 0 Å². The van der Waals surface area contributed by atoms with E-state index in [1.54, 1.807) is 69.2 Å². The number of alkyl carbamates (subject to hydrolysis) is 1. The van der Waals surface area contributed by atoms with Gasteiger partial charge in [0.15, 0.2) is 0 Å². The maximum absolute atomic E-state index is 14.5. The van der Waals surface area contributed by atoms with E-state index in [0.29, 0.717) is 23.4 Å². The molecule has 9 nitrogen and oxygen atoms in total. The number of hydrogen-bond acceptors (Lipinski definition) is 6. The smallest absolute Gasteiger partial charge is 0.408 e. The lowest BCUT2D eigenvalue weighted by Gasteiger charge is -2.34. The summed E-state index contributed by atoms with van der Waals surface area (Å²) >= 11 is 0. The molecule has 3 rings (SSSR count). The monoisotopic (exact) mass is 603 g/mol. The molecule has 3 amide bonds. The van der Waals surface area contributed by atoms with E-state index in [1.165, 1.54) is 12.1 Å². The van der Waals surface area contributed by atoms with Gasteiger partial charge in [-0.2, -0.15) is 0 Å². The molecule has 0 aromatic heterocycles. The van der Waals surface area contributed by atoms with Crippen LogP contribution in [0.1, 0.15) is 70.2 Å². The number of carbonyl (C=O) groups excluding carboxylic acids is 3. The van der Waals surface area contributed by atoms with Gasteiger partial charge >= 0.3 is 6.09 Å². The minimum Gasteiger partial charge on any atom is -0.508 e. The maximum Gasteiger partial charge on any atom is 0.408 e. The molecule has 44 heavy (non-hydrogen) atoms. The summed E-state index contributed by atoms with van der Waals surface area (Å²) in [4.78, 5) is 43.1. The Kier molecular flexibility index (Phi) is 12.2. The van der Waals surface area contributed by atoms with Gasteiger partial charge in [-0.3, -0.25) is 9.59 Å². The summed E-state index contributed by atoms with van der Waals surface area (Å²) < 4.78 is 10.7.